The number of halogens is 6. The van der Waals surface area contributed by atoms with Crippen molar-refractivity contribution in [3.05, 3.63) is 41.7 Å². The van der Waals surface area contributed by atoms with E-state index in [2.05, 4.69) is 10.1 Å². The summed E-state index contributed by atoms with van der Waals surface area (Å²) in [5.74, 6) is -1.14. The molecule has 3 rings (SSSR count). The van der Waals surface area contributed by atoms with Crippen LogP contribution in [-0.4, -0.2) is 49.7 Å². The smallest absolute Gasteiger partial charge is 0.273 e. The van der Waals surface area contributed by atoms with E-state index >= 15 is 0 Å². The third-order valence-corrected chi connectivity index (χ3v) is 4.39. The third-order valence-electron chi connectivity index (χ3n) is 4.39. The number of hydrazine groups is 1. The van der Waals surface area contributed by atoms with Gasteiger partial charge in [-0.25, -0.2) is 14.7 Å². The molecular formula is C18H15F6N5O2. The third kappa shape index (κ3) is 4.86. The van der Waals surface area contributed by atoms with Crippen molar-refractivity contribution in [2.75, 3.05) is 13.1 Å². The van der Waals surface area contributed by atoms with E-state index in [4.69, 9.17) is 0 Å². The maximum Gasteiger partial charge on any atom is 0.416 e. The summed E-state index contributed by atoms with van der Waals surface area (Å²) in [7, 11) is 0. The molecule has 1 aromatic heterocycles. The van der Waals surface area contributed by atoms with E-state index < -0.39 is 35.0 Å². The van der Waals surface area contributed by atoms with Gasteiger partial charge in [0.25, 0.3) is 5.91 Å². The second-order valence-corrected chi connectivity index (χ2v) is 6.48. The Bertz CT molecular complexity index is 995. The molecule has 0 aliphatic carbocycles. The number of amides is 2. The summed E-state index contributed by atoms with van der Waals surface area (Å²) in [6.07, 6.45) is -6.59. The Morgan fingerprint density at radius 1 is 1.10 bits per heavy atom. The Morgan fingerprint density at radius 3 is 2.26 bits per heavy atom. The van der Waals surface area contributed by atoms with Gasteiger partial charge in [-0.1, -0.05) is 0 Å². The second kappa shape index (κ2) is 8.04. The van der Waals surface area contributed by atoms with Crippen LogP contribution in [0.15, 0.2) is 30.6 Å². The van der Waals surface area contributed by atoms with E-state index in [1.165, 1.54) is 10.0 Å². The largest absolute Gasteiger partial charge is 0.416 e. The number of aromatic nitrogens is 3. The number of carbonyl (C=O) groups is 2. The van der Waals surface area contributed by atoms with Crippen molar-refractivity contribution in [1.82, 2.24) is 24.8 Å². The summed E-state index contributed by atoms with van der Waals surface area (Å²) in [6.45, 7) is 2.19. The molecule has 0 spiro atoms. The minimum absolute atomic E-state index is 0.00981. The van der Waals surface area contributed by atoms with Crippen LogP contribution < -0.4 is 0 Å². The molecule has 0 N–H and O–H groups in total. The van der Waals surface area contributed by atoms with E-state index in [-0.39, 0.29) is 30.8 Å². The van der Waals surface area contributed by atoms with Gasteiger partial charge in [0.2, 0.25) is 5.91 Å². The minimum atomic E-state index is -5.00. The Morgan fingerprint density at radius 2 is 1.71 bits per heavy atom. The summed E-state index contributed by atoms with van der Waals surface area (Å²) in [4.78, 5) is 27.7. The van der Waals surface area contributed by atoms with Crippen molar-refractivity contribution in [3.63, 3.8) is 0 Å². The highest BCUT2D eigenvalue weighted by Gasteiger charge is 2.37. The quantitative estimate of drug-likeness (QED) is 0.532. The van der Waals surface area contributed by atoms with Gasteiger partial charge in [-0.2, -0.15) is 26.3 Å². The van der Waals surface area contributed by atoms with Crippen molar-refractivity contribution >= 4 is 18.0 Å². The SMILES string of the molecule is CCN1C(=O)CCN1C(=O)C=Cn1cnc(-c2cc(C(F)(F)F)cc(C(F)(F)F)c2)n1. The fraction of sp³-hybridized carbons (Fsp3) is 0.333. The van der Waals surface area contributed by atoms with Gasteiger partial charge in [-0.05, 0) is 25.1 Å². The van der Waals surface area contributed by atoms with Crippen LogP contribution in [0.4, 0.5) is 26.3 Å². The van der Waals surface area contributed by atoms with Gasteiger partial charge in [-0.15, -0.1) is 5.10 Å². The number of alkyl halides is 6. The maximum atomic E-state index is 13.0. The molecule has 7 nitrogen and oxygen atoms in total. The van der Waals surface area contributed by atoms with Gasteiger partial charge in [0, 0.05) is 30.8 Å². The second-order valence-electron chi connectivity index (χ2n) is 6.48. The number of carbonyl (C=O) groups excluding carboxylic acids is 2. The minimum Gasteiger partial charge on any atom is -0.273 e. The van der Waals surface area contributed by atoms with Crippen molar-refractivity contribution in [2.24, 2.45) is 0 Å². The van der Waals surface area contributed by atoms with Gasteiger partial charge in [0.1, 0.15) is 6.33 Å². The lowest BCUT2D eigenvalue weighted by molar-refractivity contribution is -0.150. The molecule has 1 aromatic carbocycles. The zero-order chi connectivity index (χ0) is 23.0. The normalized spacial score (nSPS) is 15.4. The highest BCUT2D eigenvalue weighted by atomic mass is 19.4. The van der Waals surface area contributed by atoms with Crippen LogP contribution in [-0.2, 0) is 21.9 Å². The first-order valence-corrected chi connectivity index (χ1v) is 8.91. The summed E-state index contributed by atoms with van der Waals surface area (Å²) < 4.78 is 79.0. The molecule has 1 aliphatic heterocycles. The molecule has 1 saturated heterocycles. The highest BCUT2D eigenvalue weighted by Crippen LogP contribution is 2.38. The monoisotopic (exact) mass is 447 g/mol. The van der Waals surface area contributed by atoms with Gasteiger partial charge < -0.3 is 0 Å². The first-order valence-electron chi connectivity index (χ1n) is 8.91. The first-order chi connectivity index (χ1) is 14.4. The molecule has 0 radical (unpaired) electrons. The van der Waals surface area contributed by atoms with Crippen molar-refractivity contribution in [1.29, 1.82) is 0 Å². The molecule has 2 amide bonds. The molecule has 2 heterocycles. The average Bonchev–Trinajstić information content (AvgIpc) is 3.30. The Kier molecular flexibility index (Phi) is 5.79. The summed E-state index contributed by atoms with van der Waals surface area (Å²) in [6, 6.07) is 1.04. The van der Waals surface area contributed by atoms with E-state index in [0.717, 1.165) is 23.3 Å². The van der Waals surface area contributed by atoms with Crippen LogP contribution in [0.3, 0.4) is 0 Å². The van der Waals surface area contributed by atoms with Crippen LogP contribution in [0.5, 0.6) is 0 Å². The number of benzene rings is 1. The van der Waals surface area contributed by atoms with Crippen LogP contribution in [0.25, 0.3) is 17.6 Å². The molecular weight excluding hydrogens is 432 g/mol. The van der Waals surface area contributed by atoms with Gasteiger partial charge in [0.05, 0.1) is 17.7 Å². The molecule has 1 aliphatic rings. The van der Waals surface area contributed by atoms with Gasteiger partial charge in [0.15, 0.2) is 5.82 Å². The predicted octanol–water partition coefficient (Wildman–Crippen LogP) is 3.45. The van der Waals surface area contributed by atoms with Crippen LogP contribution in [0, 0.1) is 0 Å². The Balaban J connectivity index is 1.86. The summed E-state index contributed by atoms with van der Waals surface area (Å²) in [5, 5.41) is 6.30. The number of hydrogen-bond acceptors (Lipinski definition) is 4. The van der Waals surface area contributed by atoms with E-state index in [9.17, 15) is 35.9 Å². The Labute approximate surface area is 171 Å². The fourth-order valence-corrected chi connectivity index (χ4v) is 2.95. The van der Waals surface area contributed by atoms with Crippen molar-refractivity contribution < 1.29 is 35.9 Å². The predicted molar refractivity (Wildman–Crippen MR) is 94.5 cm³/mol. The van der Waals surface area contributed by atoms with Crippen LogP contribution >= 0.6 is 0 Å². The van der Waals surface area contributed by atoms with Crippen molar-refractivity contribution in [3.8, 4) is 11.4 Å². The molecule has 0 saturated carbocycles. The van der Waals surface area contributed by atoms with Crippen LogP contribution in [0.2, 0.25) is 0 Å². The maximum absolute atomic E-state index is 13.0. The average molecular weight is 447 g/mol. The van der Waals surface area contributed by atoms with E-state index in [1.807, 2.05) is 0 Å². The molecule has 0 atom stereocenters. The van der Waals surface area contributed by atoms with E-state index in [0.29, 0.717) is 18.7 Å². The van der Waals surface area contributed by atoms with Gasteiger partial charge in [-0.3, -0.25) is 14.6 Å². The number of nitrogens with zero attached hydrogens (tertiary/aromatic N) is 5. The molecule has 0 unspecified atom stereocenters. The number of rotatable bonds is 4. The molecule has 31 heavy (non-hydrogen) atoms. The zero-order valence-electron chi connectivity index (χ0n) is 15.9. The molecule has 1 fully saturated rings. The van der Waals surface area contributed by atoms with Crippen LogP contribution in [0.1, 0.15) is 24.5 Å². The lowest BCUT2D eigenvalue weighted by Gasteiger charge is -2.25. The molecule has 13 heteroatoms. The van der Waals surface area contributed by atoms with Crippen molar-refractivity contribution in [2.45, 2.75) is 25.7 Å². The fourth-order valence-electron chi connectivity index (χ4n) is 2.95. The first kappa shape index (κ1) is 22.3. The Hall–Kier alpha value is -3.38. The molecule has 2 aromatic rings. The standard InChI is InChI=1S/C18H15F6N5O2/c1-2-28-14(30)4-6-29(28)15(31)3-5-27-10-25-16(26-27)11-7-12(17(19,20)21)9-13(8-11)18(22,23)24/h3,5,7-10H,2,4,6H2,1H3. The lowest BCUT2D eigenvalue weighted by Crippen LogP contribution is -2.42. The summed E-state index contributed by atoms with van der Waals surface area (Å²) >= 11 is 0. The topological polar surface area (TPSA) is 71.3 Å². The molecule has 0 bridgehead atoms. The lowest BCUT2D eigenvalue weighted by atomic mass is 10.0. The number of hydrogen-bond donors (Lipinski definition) is 0. The van der Waals surface area contributed by atoms with E-state index in [1.54, 1.807) is 6.92 Å². The highest BCUT2D eigenvalue weighted by molar-refractivity contribution is 5.93. The summed E-state index contributed by atoms with van der Waals surface area (Å²) in [5.41, 5.74) is -3.46. The zero-order valence-corrected chi connectivity index (χ0v) is 15.9. The van der Waals surface area contributed by atoms with Gasteiger partial charge >= 0.3 is 12.4 Å². The molecule has 166 valence electrons.